The Kier molecular flexibility index (Phi) is 4.51. The van der Waals surface area contributed by atoms with Crippen LogP contribution in [0.5, 0.6) is 0 Å². The first-order chi connectivity index (χ1) is 6.31. The molecule has 0 radical (unpaired) electrons. The van der Waals surface area contributed by atoms with Gasteiger partial charge in [-0.2, -0.15) is 0 Å². The molecule has 3 nitrogen and oxygen atoms in total. The fourth-order valence-corrected chi connectivity index (χ4v) is 1.22. The number of hydrogen-bond donors (Lipinski definition) is 1. The second-order valence-corrected chi connectivity index (χ2v) is 2.67. The van der Waals surface area contributed by atoms with Crippen molar-refractivity contribution in [1.29, 1.82) is 0 Å². The van der Waals surface area contributed by atoms with Crippen molar-refractivity contribution in [3.63, 3.8) is 0 Å². The molecule has 0 bridgehead atoms. The van der Waals surface area contributed by atoms with Crippen LogP contribution >= 0.6 is 0 Å². The molecule has 0 aliphatic carbocycles. The molecule has 0 saturated carbocycles. The first-order valence-electron chi connectivity index (χ1n) is 3.89. The maximum Gasteiger partial charge on any atom is 1.00 e. The summed E-state index contributed by atoms with van der Waals surface area (Å²) in [6, 6.07) is 10.3. The largest absolute Gasteiger partial charge is 1.00 e. The van der Waals surface area contributed by atoms with Gasteiger partial charge in [-0.15, -0.1) is 35.7 Å². The molecule has 0 atom stereocenters. The van der Waals surface area contributed by atoms with E-state index in [-0.39, 0.29) is 64.2 Å². The second kappa shape index (κ2) is 5.21. The van der Waals surface area contributed by atoms with E-state index in [2.05, 4.69) is 15.8 Å². The van der Waals surface area contributed by atoms with Gasteiger partial charge in [0, 0.05) is 0 Å². The van der Waals surface area contributed by atoms with Gasteiger partial charge in [0.25, 0.3) is 0 Å². The molecule has 1 aromatic carbocycles. The van der Waals surface area contributed by atoms with Gasteiger partial charge in [-0.05, 0) is 5.52 Å². The van der Waals surface area contributed by atoms with Crippen LogP contribution in [-0.4, -0.2) is 18.1 Å². The minimum absolute atomic E-state index is 0. The van der Waals surface area contributed by atoms with Crippen molar-refractivity contribution in [1.82, 2.24) is 4.98 Å². The van der Waals surface area contributed by atoms with E-state index in [1.807, 2.05) is 12.1 Å². The summed E-state index contributed by atoms with van der Waals surface area (Å²) in [7, 11) is 1.36. The van der Waals surface area contributed by atoms with E-state index in [1.165, 1.54) is 7.11 Å². The number of methoxy groups -OCH3 is 1. The number of carbonyl (C=O) groups excluding carboxylic acids is 1. The third kappa shape index (κ3) is 2.34. The Bertz CT molecular complexity index is 417. The van der Waals surface area contributed by atoms with E-state index >= 15 is 0 Å². The molecule has 2 aromatic rings. The molecule has 0 aliphatic heterocycles. The molecule has 0 unspecified atom stereocenters. The summed E-state index contributed by atoms with van der Waals surface area (Å²) in [6.07, 6.45) is 0. The molecule has 14 heavy (non-hydrogen) atoms. The molecule has 1 aromatic heterocycles. The Labute approximate surface area is 131 Å². The number of rotatable bonds is 1. The maximum atomic E-state index is 11.1. The quantitative estimate of drug-likeness (QED) is 0.514. The third-order valence-corrected chi connectivity index (χ3v) is 1.85. The van der Waals surface area contributed by atoms with Gasteiger partial charge in [-0.25, -0.2) is 4.79 Å². The standard InChI is InChI=1S/C10H8NO2.Rb/c1-13-10(12)9-6-7-4-2-3-5-8(7)11-9;/h2-3,5-6,11H,1H3;/q-1;+1. The van der Waals surface area contributed by atoms with Crippen LogP contribution < -0.4 is 58.2 Å². The van der Waals surface area contributed by atoms with E-state index < -0.39 is 0 Å². The van der Waals surface area contributed by atoms with Crippen molar-refractivity contribution in [2.24, 2.45) is 0 Å². The van der Waals surface area contributed by atoms with Crippen LogP contribution in [0.2, 0.25) is 0 Å². The molecular weight excluding hydrogens is 252 g/mol. The van der Waals surface area contributed by atoms with E-state index in [1.54, 1.807) is 12.1 Å². The van der Waals surface area contributed by atoms with Crippen LogP contribution in [0, 0.1) is 6.07 Å². The SMILES string of the molecule is COC(=O)c1cc2[c-]cccc2[nH]1.[Rb+]. The van der Waals surface area contributed by atoms with Crippen LogP contribution in [0.1, 0.15) is 10.5 Å². The van der Waals surface area contributed by atoms with Crippen LogP contribution in [0.3, 0.4) is 0 Å². The predicted molar refractivity (Wildman–Crippen MR) is 48.5 cm³/mol. The smallest absolute Gasteiger partial charge is 0.465 e. The number of esters is 1. The zero-order chi connectivity index (χ0) is 9.26. The molecule has 2 rings (SSSR count). The fraction of sp³-hybridized carbons (Fsp3) is 0.100. The average molecular weight is 260 g/mol. The molecular formula is C10H8NO2Rb. The number of aromatic amines is 1. The Morgan fingerprint density at radius 1 is 1.57 bits per heavy atom. The molecule has 0 fully saturated rings. The number of benzene rings is 1. The van der Waals surface area contributed by atoms with Crippen molar-refractivity contribution in [2.75, 3.05) is 7.11 Å². The zero-order valence-corrected chi connectivity index (χ0v) is 13.0. The Morgan fingerprint density at radius 3 is 3.00 bits per heavy atom. The first kappa shape index (κ1) is 12.1. The number of nitrogens with one attached hydrogen (secondary N) is 1. The summed E-state index contributed by atoms with van der Waals surface area (Å²) >= 11 is 0. The molecule has 1 N–H and O–H groups in total. The minimum Gasteiger partial charge on any atom is -0.465 e. The van der Waals surface area contributed by atoms with Crippen molar-refractivity contribution in [3.05, 3.63) is 36.0 Å². The van der Waals surface area contributed by atoms with Gasteiger partial charge >= 0.3 is 64.2 Å². The van der Waals surface area contributed by atoms with Gasteiger partial charge in [0.2, 0.25) is 0 Å². The number of H-pyrrole nitrogens is 1. The molecule has 0 aliphatic rings. The van der Waals surface area contributed by atoms with Gasteiger partial charge < -0.3 is 9.72 Å². The predicted octanol–water partition coefficient (Wildman–Crippen LogP) is -1.24. The van der Waals surface area contributed by atoms with Gasteiger partial charge in [0.05, 0.1) is 12.8 Å². The van der Waals surface area contributed by atoms with Crippen LogP contribution in [0.25, 0.3) is 10.9 Å². The number of aromatic nitrogens is 1. The van der Waals surface area contributed by atoms with Crippen molar-refractivity contribution in [2.45, 2.75) is 0 Å². The van der Waals surface area contributed by atoms with Crippen molar-refractivity contribution >= 4 is 16.9 Å². The summed E-state index contributed by atoms with van der Waals surface area (Å²) in [5.41, 5.74) is 1.35. The summed E-state index contributed by atoms with van der Waals surface area (Å²) in [6.45, 7) is 0. The van der Waals surface area contributed by atoms with E-state index in [0.29, 0.717) is 5.69 Å². The zero-order valence-electron chi connectivity index (χ0n) is 8.13. The van der Waals surface area contributed by atoms with Crippen molar-refractivity contribution < 1.29 is 67.7 Å². The summed E-state index contributed by atoms with van der Waals surface area (Å²) in [5.74, 6) is -0.357. The fourth-order valence-electron chi connectivity index (χ4n) is 1.22. The molecule has 1 heterocycles. The number of hydrogen-bond acceptors (Lipinski definition) is 2. The van der Waals surface area contributed by atoms with Gasteiger partial charge in [-0.3, -0.25) is 0 Å². The average Bonchev–Trinajstić information content (AvgIpc) is 2.59. The minimum atomic E-state index is -0.357. The van der Waals surface area contributed by atoms with Crippen LogP contribution in [-0.2, 0) is 4.74 Å². The summed E-state index contributed by atoms with van der Waals surface area (Å²) in [5, 5.41) is 0.892. The number of carbonyl (C=O) groups is 1. The molecule has 4 heteroatoms. The Hall–Kier alpha value is 0.0352. The van der Waals surface area contributed by atoms with Gasteiger partial charge in [-0.1, -0.05) is 0 Å². The van der Waals surface area contributed by atoms with E-state index in [9.17, 15) is 4.79 Å². The number of fused-ring (bicyclic) bond motifs is 1. The van der Waals surface area contributed by atoms with Gasteiger partial charge in [0.15, 0.2) is 0 Å². The van der Waals surface area contributed by atoms with Crippen LogP contribution in [0.15, 0.2) is 24.3 Å². The van der Waals surface area contributed by atoms with Gasteiger partial charge in [0.1, 0.15) is 0 Å². The monoisotopic (exact) mass is 259 g/mol. The topological polar surface area (TPSA) is 42.1 Å². The first-order valence-corrected chi connectivity index (χ1v) is 3.89. The molecule has 0 saturated heterocycles. The Balaban J connectivity index is 0.000000980. The summed E-state index contributed by atoms with van der Waals surface area (Å²) in [4.78, 5) is 14.1. The second-order valence-electron chi connectivity index (χ2n) is 2.67. The third-order valence-electron chi connectivity index (χ3n) is 1.85. The van der Waals surface area contributed by atoms with E-state index in [4.69, 9.17) is 0 Å². The molecule has 0 amide bonds. The normalized spacial score (nSPS) is 9.50. The van der Waals surface area contributed by atoms with Crippen molar-refractivity contribution in [3.8, 4) is 0 Å². The summed E-state index contributed by atoms with van der Waals surface area (Å²) < 4.78 is 4.58. The molecule has 0 spiro atoms. The van der Waals surface area contributed by atoms with E-state index in [0.717, 1.165) is 10.9 Å². The molecule has 66 valence electrons. The maximum absolute atomic E-state index is 11.1. The van der Waals surface area contributed by atoms with Crippen LogP contribution in [0.4, 0.5) is 0 Å². The Morgan fingerprint density at radius 2 is 2.36 bits per heavy atom. The number of ether oxygens (including phenoxy) is 1.